The molecule has 70 valence electrons. The van der Waals surface area contributed by atoms with Gasteiger partial charge in [0.1, 0.15) is 0 Å². The first-order valence-electron chi connectivity index (χ1n) is 4.46. The standard InChI is InChI=1S/C12H16O/c1-10(2)9-12(13-3)11-7-5-4-6-8-11/h4-8,12H,1,9H2,2-3H3. The molecular weight excluding hydrogens is 160 g/mol. The van der Waals surface area contributed by atoms with Gasteiger partial charge < -0.3 is 4.74 Å². The minimum absolute atomic E-state index is 0.152. The van der Waals surface area contributed by atoms with Crippen molar-refractivity contribution < 1.29 is 4.74 Å². The lowest BCUT2D eigenvalue weighted by Gasteiger charge is -2.15. The Morgan fingerprint density at radius 1 is 1.38 bits per heavy atom. The zero-order valence-corrected chi connectivity index (χ0v) is 8.29. The summed E-state index contributed by atoms with van der Waals surface area (Å²) in [6, 6.07) is 10.2. The summed E-state index contributed by atoms with van der Waals surface area (Å²) in [5.74, 6) is 0. The minimum Gasteiger partial charge on any atom is -0.376 e. The van der Waals surface area contributed by atoms with Crippen LogP contribution in [0.5, 0.6) is 0 Å². The molecule has 0 aliphatic heterocycles. The van der Waals surface area contributed by atoms with Crippen LogP contribution in [0.4, 0.5) is 0 Å². The SMILES string of the molecule is C=C(C)CC(OC)c1ccccc1. The Bertz CT molecular complexity index is 264. The Labute approximate surface area is 80.0 Å². The quantitative estimate of drug-likeness (QED) is 0.639. The van der Waals surface area contributed by atoms with Gasteiger partial charge in [-0.2, -0.15) is 0 Å². The molecule has 0 heterocycles. The summed E-state index contributed by atoms with van der Waals surface area (Å²) in [5.41, 5.74) is 2.36. The van der Waals surface area contributed by atoms with Crippen LogP contribution in [-0.4, -0.2) is 7.11 Å². The van der Waals surface area contributed by atoms with Gasteiger partial charge in [-0.15, -0.1) is 6.58 Å². The molecule has 13 heavy (non-hydrogen) atoms. The van der Waals surface area contributed by atoms with Crippen LogP contribution in [0, 0.1) is 0 Å². The van der Waals surface area contributed by atoms with Crippen LogP contribution in [0.3, 0.4) is 0 Å². The minimum atomic E-state index is 0.152. The number of rotatable bonds is 4. The molecule has 0 radical (unpaired) electrons. The van der Waals surface area contributed by atoms with E-state index in [-0.39, 0.29) is 6.10 Å². The highest BCUT2D eigenvalue weighted by Crippen LogP contribution is 2.22. The Morgan fingerprint density at radius 2 is 2.00 bits per heavy atom. The third-order valence-corrected chi connectivity index (χ3v) is 1.99. The van der Waals surface area contributed by atoms with Crippen LogP contribution in [0.2, 0.25) is 0 Å². The molecule has 0 aromatic heterocycles. The maximum atomic E-state index is 5.39. The van der Waals surface area contributed by atoms with Crippen molar-refractivity contribution >= 4 is 0 Å². The monoisotopic (exact) mass is 176 g/mol. The van der Waals surface area contributed by atoms with Crippen LogP contribution >= 0.6 is 0 Å². The van der Waals surface area contributed by atoms with Crippen LogP contribution in [0.25, 0.3) is 0 Å². The molecule has 0 saturated heterocycles. The topological polar surface area (TPSA) is 9.23 Å². The van der Waals surface area contributed by atoms with Crippen molar-refractivity contribution in [1.82, 2.24) is 0 Å². The lowest BCUT2D eigenvalue weighted by Crippen LogP contribution is -2.01. The summed E-state index contributed by atoms with van der Waals surface area (Å²) in [4.78, 5) is 0. The molecule has 0 saturated carbocycles. The van der Waals surface area contributed by atoms with Crippen molar-refractivity contribution in [2.75, 3.05) is 7.11 Å². The van der Waals surface area contributed by atoms with Crippen molar-refractivity contribution in [3.05, 3.63) is 48.0 Å². The summed E-state index contributed by atoms with van der Waals surface area (Å²) in [6.45, 7) is 5.91. The Kier molecular flexibility index (Phi) is 3.71. The molecule has 1 unspecified atom stereocenters. The smallest absolute Gasteiger partial charge is 0.0858 e. The lowest BCUT2D eigenvalue weighted by molar-refractivity contribution is 0.104. The van der Waals surface area contributed by atoms with Gasteiger partial charge in [0.25, 0.3) is 0 Å². The largest absolute Gasteiger partial charge is 0.376 e. The Hall–Kier alpha value is -1.08. The van der Waals surface area contributed by atoms with Crippen molar-refractivity contribution in [2.45, 2.75) is 19.4 Å². The van der Waals surface area contributed by atoms with Crippen LogP contribution in [-0.2, 0) is 4.74 Å². The predicted octanol–water partition coefficient (Wildman–Crippen LogP) is 3.34. The number of benzene rings is 1. The molecular formula is C12H16O. The number of hydrogen-bond donors (Lipinski definition) is 0. The van der Waals surface area contributed by atoms with Crippen molar-refractivity contribution in [1.29, 1.82) is 0 Å². The van der Waals surface area contributed by atoms with Crippen molar-refractivity contribution in [3.63, 3.8) is 0 Å². The Balaban J connectivity index is 2.73. The van der Waals surface area contributed by atoms with E-state index in [1.807, 2.05) is 25.1 Å². The number of ether oxygens (including phenoxy) is 1. The average Bonchev–Trinajstić information content (AvgIpc) is 2.15. The molecule has 1 aromatic rings. The van der Waals surface area contributed by atoms with E-state index in [1.54, 1.807) is 7.11 Å². The summed E-state index contributed by atoms with van der Waals surface area (Å²) < 4.78 is 5.39. The zero-order chi connectivity index (χ0) is 9.68. The highest BCUT2D eigenvalue weighted by Gasteiger charge is 2.08. The van der Waals surface area contributed by atoms with E-state index in [2.05, 4.69) is 18.7 Å². The van der Waals surface area contributed by atoms with E-state index >= 15 is 0 Å². The van der Waals surface area contributed by atoms with Crippen LogP contribution in [0.1, 0.15) is 25.0 Å². The third-order valence-electron chi connectivity index (χ3n) is 1.99. The highest BCUT2D eigenvalue weighted by molar-refractivity contribution is 5.19. The fraction of sp³-hybridized carbons (Fsp3) is 0.333. The second kappa shape index (κ2) is 4.83. The van der Waals surface area contributed by atoms with Gasteiger partial charge in [0.15, 0.2) is 0 Å². The first-order chi connectivity index (χ1) is 6.24. The fourth-order valence-corrected chi connectivity index (χ4v) is 1.32. The van der Waals surface area contributed by atoms with Gasteiger partial charge in [0, 0.05) is 7.11 Å². The molecule has 1 aromatic carbocycles. The molecule has 1 atom stereocenters. The molecule has 0 fully saturated rings. The lowest BCUT2D eigenvalue weighted by atomic mass is 10.0. The van der Waals surface area contributed by atoms with E-state index < -0.39 is 0 Å². The van der Waals surface area contributed by atoms with Crippen molar-refractivity contribution in [3.8, 4) is 0 Å². The normalized spacial score (nSPS) is 12.5. The zero-order valence-electron chi connectivity index (χ0n) is 8.29. The van der Waals surface area contributed by atoms with Gasteiger partial charge in [0.2, 0.25) is 0 Å². The first kappa shape index (κ1) is 10.0. The van der Waals surface area contributed by atoms with Crippen molar-refractivity contribution in [2.24, 2.45) is 0 Å². The molecule has 0 aliphatic carbocycles. The van der Waals surface area contributed by atoms with Gasteiger partial charge in [-0.1, -0.05) is 35.9 Å². The van der Waals surface area contributed by atoms with Crippen LogP contribution < -0.4 is 0 Å². The summed E-state index contributed by atoms with van der Waals surface area (Å²) in [5, 5.41) is 0. The molecule has 0 aliphatic rings. The summed E-state index contributed by atoms with van der Waals surface area (Å²) >= 11 is 0. The van der Waals surface area contributed by atoms with E-state index in [4.69, 9.17) is 4.74 Å². The Morgan fingerprint density at radius 3 is 2.46 bits per heavy atom. The second-order valence-electron chi connectivity index (χ2n) is 3.30. The summed E-state index contributed by atoms with van der Waals surface area (Å²) in [6.07, 6.45) is 1.04. The molecule has 1 heteroatoms. The van der Waals surface area contributed by atoms with Gasteiger partial charge in [-0.3, -0.25) is 0 Å². The van der Waals surface area contributed by atoms with Gasteiger partial charge in [-0.05, 0) is 18.9 Å². The number of hydrogen-bond acceptors (Lipinski definition) is 1. The maximum Gasteiger partial charge on any atom is 0.0858 e. The number of methoxy groups -OCH3 is 1. The van der Waals surface area contributed by atoms with E-state index in [1.165, 1.54) is 5.56 Å². The second-order valence-corrected chi connectivity index (χ2v) is 3.30. The average molecular weight is 176 g/mol. The fourth-order valence-electron chi connectivity index (χ4n) is 1.32. The first-order valence-corrected chi connectivity index (χ1v) is 4.46. The molecule has 0 spiro atoms. The van der Waals surface area contributed by atoms with E-state index in [0.29, 0.717) is 0 Å². The maximum absolute atomic E-state index is 5.39. The van der Waals surface area contributed by atoms with Gasteiger partial charge in [0.05, 0.1) is 6.10 Å². The van der Waals surface area contributed by atoms with Gasteiger partial charge >= 0.3 is 0 Å². The molecule has 0 amide bonds. The van der Waals surface area contributed by atoms with Gasteiger partial charge in [-0.25, -0.2) is 0 Å². The third kappa shape index (κ3) is 3.03. The van der Waals surface area contributed by atoms with E-state index in [9.17, 15) is 0 Å². The van der Waals surface area contributed by atoms with E-state index in [0.717, 1.165) is 12.0 Å². The molecule has 0 bridgehead atoms. The highest BCUT2D eigenvalue weighted by atomic mass is 16.5. The summed E-state index contributed by atoms with van der Waals surface area (Å²) in [7, 11) is 1.74. The van der Waals surface area contributed by atoms with Crippen LogP contribution in [0.15, 0.2) is 42.5 Å². The molecule has 1 rings (SSSR count). The molecule has 0 N–H and O–H groups in total. The predicted molar refractivity (Wildman–Crippen MR) is 55.6 cm³/mol. The molecule has 1 nitrogen and oxygen atoms in total.